The number of aliphatic hydroxyl groups is 1. The van der Waals surface area contributed by atoms with Crippen LogP contribution in [0, 0.1) is 28.6 Å². The van der Waals surface area contributed by atoms with Gasteiger partial charge in [0.05, 0.1) is 6.10 Å². The lowest BCUT2D eigenvalue weighted by Crippen LogP contribution is -2.36. The van der Waals surface area contributed by atoms with Crippen LogP contribution in [0.15, 0.2) is 47.6 Å². The van der Waals surface area contributed by atoms with Crippen molar-refractivity contribution in [3.63, 3.8) is 0 Å². The highest BCUT2D eigenvalue weighted by Crippen LogP contribution is 2.60. The van der Waals surface area contributed by atoms with Crippen molar-refractivity contribution in [3.05, 3.63) is 47.6 Å². The van der Waals surface area contributed by atoms with Crippen LogP contribution >= 0.6 is 0 Å². The molecule has 1 N–H and O–H groups in total. The van der Waals surface area contributed by atoms with Crippen LogP contribution < -0.4 is 0 Å². The number of allylic oxidation sites excluding steroid dienone is 4. The molecule has 3 saturated carbocycles. The second-order valence-electron chi connectivity index (χ2n) is 12.1. The molecule has 1 nitrogen and oxygen atoms in total. The van der Waals surface area contributed by atoms with Crippen LogP contribution in [-0.2, 0) is 0 Å². The highest BCUT2D eigenvalue weighted by molar-refractivity contribution is 5.41. The monoisotopic (exact) mass is 410 g/mol. The van der Waals surface area contributed by atoms with E-state index in [2.05, 4.69) is 59.9 Å². The average molecular weight is 411 g/mol. The molecule has 0 amide bonds. The van der Waals surface area contributed by atoms with Gasteiger partial charge >= 0.3 is 0 Å². The SMILES string of the molecule is C=C1CC(=C)[C@H](O)C/C1=C/C=C1\CCCC2(C)[C@@H]([C@H](C)CCCC(C)(C)C)CC[C@@H]12. The van der Waals surface area contributed by atoms with Gasteiger partial charge in [-0.05, 0) is 90.2 Å². The number of aliphatic hydroxyl groups excluding tert-OH is 1. The Labute approximate surface area is 186 Å². The maximum absolute atomic E-state index is 10.2. The molecule has 3 rings (SSSR count). The van der Waals surface area contributed by atoms with Crippen molar-refractivity contribution in [1.82, 2.24) is 0 Å². The molecule has 3 fully saturated rings. The Kier molecular flexibility index (Phi) is 7.22. The van der Waals surface area contributed by atoms with Gasteiger partial charge < -0.3 is 5.11 Å². The van der Waals surface area contributed by atoms with Crippen LogP contribution in [0.2, 0.25) is 0 Å². The number of rotatable bonds is 5. The summed E-state index contributed by atoms with van der Waals surface area (Å²) in [6, 6.07) is 0. The number of hydrogen-bond acceptors (Lipinski definition) is 1. The van der Waals surface area contributed by atoms with E-state index in [4.69, 9.17) is 0 Å². The molecule has 0 spiro atoms. The first kappa shape index (κ1) is 23.6. The Morgan fingerprint density at radius 3 is 2.63 bits per heavy atom. The fraction of sp³-hybridized carbons (Fsp3) is 0.724. The molecule has 0 aromatic heterocycles. The van der Waals surface area contributed by atoms with Crippen LogP contribution in [0.1, 0.15) is 98.8 Å². The summed E-state index contributed by atoms with van der Waals surface area (Å²) in [6.45, 7) is 20.5. The minimum Gasteiger partial charge on any atom is -0.388 e. The Morgan fingerprint density at radius 2 is 1.93 bits per heavy atom. The minimum absolute atomic E-state index is 0.401. The van der Waals surface area contributed by atoms with E-state index in [9.17, 15) is 5.11 Å². The molecule has 0 heterocycles. The summed E-state index contributed by atoms with van der Waals surface area (Å²) in [5.74, 6) is 2.45. The topological polar surface area (TPSA) is 20.2 Å². The summed E-state index contributed by atoms with van der Waals surface area (Å²) in [4.78, 5) is 0. The quantitative estimate of drug-likeness (QED) is 0.453. The van der Waals surface area contributed by atoms with E-state index in [-0.39, 0.29) is 0 Å². The standard InChI is InChI=1S/C29H46O/c1-20(10-8-16-28(4,5)6)25-14-15-26-23(11-9-17-29(25,26)7)12-13-24-19-27(30)22(3)18-21(24)2/h12-13,20,25-27,30H,2-3,8-11,14-19H2,1,4-7H3/b23-12+,24-13-/t20-,25-,26+,27-,29?/m1/s1. The molecular formula is C29H46O. The normalized spacial score (nSPS) is 36.4. The zero-order valence-electron chi connectivity index (χ0n) is 20.4. The maximum atomic E-state index is 10.2. The van der Waals surface area contributed by atoms with Gasteiger partial charge in [-0.1, -0.05) is 78.3 Å². The van der Waals surface area contributed by atoms with Gasteiger partial charge in [-0.15, -0.1) is 0 Å². The van der Waals surface area contributed by atoms with Crippen molar-refractivity contribution < 1.29 is 5.11 Å². The van der Waals surface area contributed by atoms with Gasteiger partial charge in [-0.25, -0.2) is 0 Å². The van der Waals surface area contributed by atoms with Crippen molar-refractivity contribution in [2.75, 3.05) is 0 Å². The van der Waals surface area contributed by atoms with Crippen LogP contribution in [0.4, 0.5) is 0 Å². The molecule has 30 heavy (non-hydrogen) atoms. The lowest BCUT2D eigenvalue weighted by atomic mass is 9.60. The predicted octanol–water partition coefficient (Wildman–Crippen LogP) is 8.18. The van der Waals surface area contributed by atoms with Gasteiger partial charge in [0.2, 0.25) is 0 Å². The summed E-state index contributed by atoms with van der Waals surface area (Å²) in [5, 5.41) is 10.2. The van der Waals surface area contributed by atoms with Crippen molar-refractivity contribution >= 4 is 0 Å². The zero-order valence-corrected chi connectivity index (χ0v) is 20.4. The summed E-state index contributed by atoms with van der Waals surface area (Å²) in [7, 11) is 0. The summed E-state index contributed by atoms with van der Waals surface area (Å²) in [5.41, 5.74) is 5.86. The molecule has 3 aliphatic carbocycles. The van der Waals surface area contributed by atoms with Gasteiger partial charge in [-0.2, -0.15) is 0 Å². The average Bonchev–Trinajstić information content (AvgIpc) is 3.00. The lowest BCUT2D eigenvalue weighted by Gasteiger charge is -2.44. The molecule has 0 bridgehead atoms. The van der Waals surface area contributed by atoms with Gasteiger partial charge in [0.1, 0.15) is 0 Å². The van der Waals surface area contributed by atoms with Gasteiger partial charge in [0, 0.05) is 6.42 Å². The van der Waals surface area contributed by atoms with E-state index >= 15 is 0 Å². The van der Waals surface area contributed by atoms with Crippen molar-refractivity contribution in [1.29, 1.82) is 0 Å². The Morgan fingerprint density at radius 1 is 1.20 bits per heavy atom. The summed E-state index contributed by atoms with van der Waals surface area (Å²) in [6.07, 6.45) is 16.5. The molecule has 0 aromatic rings. The highest BCUT2D eigenvalue weighted by Gasteiger charge is 2.50. The second kappa shape index (κ2) is 9.19. The third kappa shape index (κ3) is 5.21. The third-order valence-corrected chi connectivity index (χ3v) is 8.59. The number of hydrogen-bond donors (Lipinski definition) is 1. The minimum atomic E-state index is -0.401. The first-order valence-electron chi connectivity index (χ1n) is 12.4. The first-order valence-corrected chi connectivity index (χ1v) is 12.4. The van der Waals surface area contributed by atoms with Gasteiger partial charge in [-0.3, -0.25) is 0 Å². The van der Waals surface area contributed by atoms with Crippen LogP contribution in [0.25, 0.3) is 0 Å². The fourth-order valence-electron chi connectivity index (χ4n) is 6.77. The smallest absolute Gasteiger partial charge is 0.0791 e. The highest BCUT2D eigenvalue weighted by atomic mass is 16.3. The molecule has 1 heteroatoms. The second-order valence-corrected chi connectivity index (χ2v) is 12.1. The summed E-state index contributed by atoms with van der Waals surface area (Å²) < 4.78 is 0. The van der Waals surface area contributed by atoms with Crippen LogP contribution in [0.5, 0.6) is 0 Å². The molecule has 0 radical (unpaired) electrons. The van der Waals surface area contributed by atoms with Crippen LogP contribution in [-0.4, -0.2) is 11.2 Å². The third-order valence-electron chi connectivity index (χ3n) is 8.59. The molecule has 0 aliphatic heterocycles. The molecule has 3 aliphatic rings. The molecular weight excluding hydrogens is 364 g/mol. The molecule has 168 valence electrons. The Hall–Kier alpha value is -1.08. The predicted molar refractivity (Wildman–Crippen MR) is 130 cm³/mol. The van der Waals surface area contributed by atoms with E-state index in [0.717, 1.165) is 35.3 Å². The fourth-order valence-corrected chi connectivity index (χ4v) is 6.77. The Balaban J connectivity index is 1.69. The maximum Gasteiger partial charge on any atom is 0.0791 e. The molecule has 1 unspecified atom stereocenters. The van der Waals surface area contributed by atoms with E-state index in [1.54, 1.807) is 5.57 Å². The molecule has 0 aromatic carbocycles. The van der Waals surface area contributed by atoms with Gasteiger partial charge in [0.25, 0.3) is 0 Å². The van der Waals surface area contributed by atoms with E-state index in [1.807, 2.05) is 0 Å². The van der Waals surface area contributed by atoms with E-state index in [0.29, 0.717) is 17.3 Å². The van der Waals surface area contributed by atoms with E-state index in [1.165, 1.54) is 56.9 Å². The number of fused-ring (bicyclic) bond motifs is 1. The first-order chi connectivity index (χ1) is 14.0. The Bertz CT molecular complexity index is 715. The largest absolute Gasteiger partial charge is 0.388 e. The molecule has 0 saturated heterocycles. The molecule has 5 atom stereocenters. The summed E-state index contributed by atoms with van der Waals surface area (Å²) >= 11 is 0. The van der Waals surface area contributed by atoms with Gasteiger partial charge in [0.15, 0.2) is 0 Å². The van der Waals surface area contributed by atoms with Crippen molar-refractivity contribution in [3.8, 4) is 0 Å². The van der Waals surface area contributed by atoms with Crippen LogP contribution in [0.3, 0.4) is 0 Å². The van der Waals surface area contributed by atoms with Crippen molar-refractivity contribution in [2.45, 2.75) is 105 Å². The van der Waals surface area contributed by atoms with E-state index < -0.39 is 6.10 Å². The zero-order chi connectivity index (χ0) is 22.1. The van der Waals surface area contributed by atoms with Crippen molar-refractivity contribution in [2.24, 2.45) is 28.6 Å². The lowest BCUT2D eigenvalue weighted by molar-refractivity contribution is 0.0920.